The van der Waals surface area contributed by atoms with Crippen LogP contribution in [0.25, 0.3) is 6.08 Å². The molecule has 0 heterocycles. The van der Waals surface area contributed by atoms with Crippen molar-refractivity contribution in [2.75, 3.05) is 13.9 Å². The molecule has 0 saturated heterocycles. The van der Waals surface area contributed by atoms with Crippen molar-refractivity contribution >= 4 is 12.0 Å². The summed E-state index contributed by atoms with van der Waals surface area (Å²) in [5.74, 6) is -0.441. The Balaban J connectivity index is 2.55. The van der Waals surface area contributed by atoms with Gasteiger partial charge in [0, 0.05) is 7.11 Å². The Morgan fingerprint density at radius 2 is 2.18 bits per heavy atom. The first-order valence-corrected chi connectivity index (χ1v) is 5.22. The van der Waals surface area contributed by atoms with Gasteiger partial charge < -0.3 is 14.2 Å². The SMILES string of the molecule is C=Cc1ccccc1C(=O)OCOC(C)OC. The highest BCUT2D eigenvalue weighted by atomic mass is 16.8. The summed E-state index contributed by atoms with van der Waals surface area (Å²) in [4.78, 5) is 11.7. The molecule has 92 valence electrons. The molecule has 0 radical (unpaired) electrons. The smallest absolute Gasteiger partial charge is 0.340 e. The first kappa shape index (κ1) is 13.4. The van der Waals surface area contributed by atoms with Gasteiger partial charge in [-0.25, -0.2) is 4.79 Å². The van der Waals surface area contributed by atoms with Gasteiger partial charge in [0.2, 0.25) is 0 Å². The number of rotatable bonds is 6. The molecular formula is C13H16O4. The summed E-state index contributed by atoms with van der Waals surface area (Å²) >= 11 is 0. The van der Waals surface area contributed by atoms with E-state index in [0.717, 1.165) is 5.56 Å². The molecule has 1 atom stereocenters. The van der Waals surface area contributed by atoms with Crippen molar-refractivity contribution in [1.82, 2.24) is 0 Å². The predicted octanol–water partition coefficient (Wildman–Crippen LogP) is 2.45. The van der Waals surface area contributed by atoms with Gasteiger partial charge in [-0.15, -0.1) is 0 Å². The summed E-state index contributed by atoms with van der Waals surface area (Å²) in [6, 6.07) is 7.07. The van der Waals surface area contributed by atoms with Crippen molar-refractivity contribution in [2.45, 2.75) is 13.2 Å². The third kappa shape index (κ3) is 4.01. The van der Waals surface area contributed by atoms with Crippen LogP contribution in [-0.2, 0) is 14.2 Å². The Kier molecular flexibility index (Phi) is 5.39. The number of esters is 1. The maximum absolute atomic E-state index is 11.7. The zero-order chi connectivity index (χ0) is 12.7. The van der Waals surface area contributed by atoms with Gasteiger partial charge >= 0.3 is 5.97 Å². The van der Waals surface area contributed by atoms with Crippen molar-refractivity contribution in [3.63, 3.8) is 0 Å². The zero-order valence-electron chi connectivity index (χ0n) is 10.0. The van der Waals surface area contributed by atoms with Gasteiger partial charge in [-0.2, -0.15) is 0 Å². The van der Waals surface area contributed by atoms with Gasteiger partial charge in [0.1, 0.15) is 0 Å². The van der Waals surface area contributed by atoms with E-state index < -0.39 is 12.3 Å². The molecule has 4 heteroatoms. The summed E-state index contributed by atoms with van der Waals surface area (Å²) in [6.07, 6.45) is 1.20. The van der Waals surface area contributed by atoms with E-state index in [1.807, 2.05) is 6.07 Å². The minimum absolute atomic E-state index is 0.140. The molecule has 0 bridgehead atoms. The number of carbonyl (C=O) groups is 1. The molecule has 1 unspecified atom stereocenters. The molecule has 1 rings (SSSR count). The molecule has 4 nitrogen and oxygen atoms in total. The molecule has 0 aliphatic carbocycles. The van der Waals surface area contributed by atoms with Crippen LogP contribution >= 0.6 is 0 Å². The van der Waals surface area contributed by atoms with E-state index in [2.05, 4.69) is 6.58 Å². The third-order valence-electron chi connectivity index (χ3n) is 2.23. The fourth-order valence-corrected chi connectivity index (χ4v) is 1.19. The Morgan fingerprint density at radius 1 is 1.47 bits per heavy atom. The monoisotopic (exact) mass is 236 g/mol. The second kappa shape index (κ2) is 6.83. The summed E-state index contributed by atoms with van der Waals surface area (Å²) in [5, 5.41) is 0. The second-order valence-electron chi connectivity index (χ2n) is 3.31. The van der Waals surface area contributed by atoms with E-state index in [4.69, 9.17) is 14.2 Å². The number of hydrogen-bond donors (Lipinski definition) is 0. The van der Waals surface area contributed by atoms with E-state index in [9.17, 15) is 4.79 Å². The van der Waals surface area contributed by atoms with Crippen molar-refractivity contribution < 1.29 is 19.0 Å². The molecule has 0 N–H and O–H groups in total. The van der Waals surface area contributed by atoms with Gasteiger partial charge in [0.25, 0.3) is 0 Å². The molecular weight excluding hydrogens is 220 g/mol. The number of methoxy groups -OCH3 is 1. The fraction of sp³-hybridized carbons (Fsp3) is 0.308. The van der Waals surface area contributed by atoms with Crippen molar-refractivity contribution in [2.24, 2.45) is 0 Å². The highest BCUT2D eigenvalue weighted by Gasteiger charge is 2.10. The predicted molar refractivity (Wildman–Crippen MR) is 64.4 cm³/mol. The lowest BCUT2D eigenvalue weighted by Gasteiger charge is -2.11. The Bertz CT molecular complexity index is 387. The van der Waals surface area contributed by atoms with Gasteiger partial charge in [0.15, 0.2) is 13.1 Å². The molecule has 0 spiro atoms. The van der Waals surface area contributed by atoms with E-state index in [1.165, 1.54) is 7.11 Å². The topological polar surface area (TPSA) is 44.8 Å². The Morgan fingerprint density at radius 3 is 2.82 bits per heavy atom. The van der Waals surface area contributed by atoms with Crippen LogP contribution in [0.3, 0.4) is 0 Å². The van der Waals surface area contributed by atoms with Crippen molar-refractivity contribution in [3.05, 3.63) is 42.0 Å². The van der Waals surface area contributed by atoms with Crippen LogP contribution in [0.1, 0.15) is 22.8 Å². The summed E-state index contributed by atoms with van der Waals surface area (Å²) < 4.78 is 14.9. The Labute approximate surface area is 101 Å². The average Bonchev–Trinajstić information content (AvgIpc) is 2.38. The first-order chi connectivity index (χ1) is 8.19. The third-order valence-corrected chi connectivity index (χ3v) is 2.23. The van der Waals surface area contributed by atoms with Crippen LogP contribution in [0.4, 0.5) is 0 Å². The lowest BCUT2D eigenvalue weighted by Crippen LogP contribution is -2.16. The number of hydrogen-bond acceptors (Lipinski definition) is 4. The molecule has 0 aliphatic rings. The number of carbonyl (C=O) groups excluding carboxylic acids is 1. The van der Waals surface area contributed by atoms with Gasteiger partial charge in [-0.1, -0.05) is 30.9 Å². The second-order valence-corrected chi connectivity index (χ2v) is 3.31. The van der Waals surface area contributed by atoms with Gasteiger partial charge in [-0.05, 0) is 18.6 Å². The van der Waals surface area contributed by atoms with E-state index in [0.29, 0.717) is 5.56 Å². The van der Waals surface area contributed by atoms with Crippen LogP contribution in [0.15, 0.2) is 30.8 Å². The minimum atomic E-state index is -0.441. The summed E-state index contributed by atoms with van der Waals surface area (Å²) in [6.45, 7) is 5.21. The van der Waals surface area contributed by atoms with E-state index in [-0.39, 0.29) is 6.79 Å². The lowest BCUT2D eigenvalue weighted by atomic mass is 10.1. The molecule has 0 fully saturated rings. The van der Waals surface area contributed by atoms with Gasteiger partial charge in [0.05, 0.1) is 5.56 Å². The molecule has 1 aromatic rings. The van der Waals surface area contributed by atoms with Crippen molar-refractivity contribution in [3.8, 4) is 0 Å². The molecule has 1 aromatic carbocycles. The van der Waals surface area contributed by atoms with Crippen LogP contribution in [0.2, 0.25) is 0 Å². The van der Waals surface area contributed by atoms with Crippen LogP contribution in [0.5, 0.6) is 0 Å². The lowest BCUT2D eigenvalue weighted by molar-refractivity contribution is -0.158. The van der Waals surface area contributed by atoms with E-state index in [1.54, 1.807) is 31.2 Å². The van der Waals surface area contributed by atoms with Gasteiger partial charge in [-0.3, -0.25) is 0 Å². The summed E-state index contributed by atoms with van der Waals surface area (Å²) in [5.41, 5.74) is 1.20. The van der Waals surface area contributed by atoms with Crippen LogP contribution in [-0.4, -0.2) is 26.2 Å². The van der Waals surface area contributed by atoms with Crippen molar-refractivity contribution in [1.29, 1.82) is 0 Å². The highest BCUT2D eigenvalue weighted by Crippen LogP contribution is 2.11. The quantitative estimate of drug-likeness (QED) is 0.562. The molecule has 0 saturated carbocycles. The fourth-order valence-electron chi connectivity index (χ4n) is 1.19. The molecule has 0 aromatic heterocycles. The average molecular weight is 236 g/mol. The van der Waals surface area contributed by atoms with Crippen LogP contribution < -0.4 is 0 Å². The summed E-state index contributed by atoms with van der Waals surface area (Å²) in [7, 11) is 1.51. The van der Waals surface area contributed by atoms with E-state index >= 15 is 0 Å². The zero-order valence-corrected chi connectivity index (χ0v) is 10.0. The van der Waals surface area contributed by atoms with Crippen LogP contribution in [0, 0.1) is 0 Å². The molecule has 0 amide bonds. The largest absolute Gasteiger partial charge is 0.435 e. The normalized spacial score (nSPS) is 11.9. The number of ether oxygens (including phenoxy) is 3. The maximum atomic E-state index is 11.7. The minimum Gasteiger partial charge on any atom is -0.435 e. The molecule has 0 aliphatic heterocycles. The standard InChI is InChI=1S/C13H16O4/c1-4-11-7-5-6-8-12(11)13(14)17-9-16-10(2)15-3/h4-8,10H,1,9H2,2-3H3. The first-order valence-electron chi connectivity index (χ1n) is 5.22. The highest BCUT2D eigenvalue weighted by molar-refractivity contribution is 5.93. The maximum Gasteiger partial charge on any atom is 0.340 e. The Hall–Kier alpha value is -1.65. The molecule has 17 heavy (non-hydrogen) atoms. The number of benzene rings is 1.